The Morgan fingerprint density at radius 2 is 1.69 bits per heavy atom. The highest BCUT2D eigenvalue weighted by molar-refractivity contribution is 7.88. The van der Waals surface area contributed by atoms with Crippen LogP contribution in [-0.4, -0.2) is 21.4 Å². The van der Waals surface area contributed by atoms with Crippen molar-refractivity contribution in [1.82, 2.24) is 10.0 Å². The fourth-order valence-electron chi connectivity index (χ4n) is 4.07. The van der Waals surface area contributed by atoms with Gasteiger partial charge in [-0.05, 0) is 65.8 Å². The summed E-state index contributed by atoms with van der Waals surface area (Å²) < 4.78 is 40.3. The number of nitrogens with one attached hydrogen (secondary N) is 2. The maximum Gasteiger partial charge on any atom is 0.227 e. The number of hydrogen-bond acceptors (Lipinski definition) is 3. The molecule has 0 spiro atoms. The van der Waals surface area contributed by atoms with Gasteiger partial charge in [-0.1, -0.05) is 75.4 Å². The summed E-state index contributed by atoms with van der Waals surface area (Å²) in [5.74, 6) is -1.94. The number of carbonyl (C=O) groups is 1. The van der Waals surface area contributed by atoms with Crippen LogP contribution in [0.5, 0.6) is 0 Å². The van der Waals surface area contributed by atoms with Gasteiger partial charge >= 0.3 is 0 Å². The molecule has 0 aliphatic rings. The van der Waals surface area contributed by atoms with Crippen molar-refractivity contribution in [2.45, 2.75) is 58.2 Å². The van der Waals surface area contributed by atoms with Crippen LogP contribution in [0.2, 0.25) is 0 Å². The molecule has 5 nitrogen and oxygen atoms in total. The van der Waals surface area contributed by atoms with E-state index in [1.165, 1.54) is 24.7 Å². The smallest absolute Gasteiger partial charge is 0.227 e. The molecule has 0 fully saturated rings. The van der Waals surface area contributed by atoms with E-state index < -0.39 is 27.5 Å². The molecule has 36 heavy (non-hydrogen) atoms. The third-order valence-electron chi connectivity index (χ3n) is 6.49. The van der Waals surface area contributed by atoms with Gasteiger partial charge in [0.15, 0.2) is 0 Å². The first-order valence-corrected chi connectivity index (χ1v) is 13.6. The standard InChI is InChI=1S/C29H35FN2O3S/c1-19-14-24(29(3,4)5)16-25(21-10-8-7-9-11-21)26(19)17-32-28(33)20(2)22-12-13-23(27(30)15-22)18-36(34,35)31-6/h7-16,20,31H,17-18H2,1-6H3,(H,32,33). The molecular weight excluding hydrogens is 475 g/mol. The zero-order chi connectivity index (χ0) is 26.7. The highest BCUT2D eigenvalue weighted by Crippen LogP contribution is 2.33. The first-order valence-electron chi connectivity index (χ1n) is 12.0. The maximum absolute atomic E-state index is 14.6. The molecule has 0 saturated heterocycles. The monoisotopic (exact) mass is 510 g/mol. The second kappa shape index (κ2) is 10.9. The van der Waals surface area contributed by atoms with Crippen molar-refractivity contribution < 1.29 is 17.6 Å². The Morgan fingerprint density at radius 3 is 2.28 bits per heavy atom. The van der Waals surface area contributed by atoms with Crippen LogP contribution in [0, 0.1) is 12.7 Å². The minimum Gasteiger partial charge on any atom is -0.351 e. The van der Waals surface area contributed by atoms with Crippen molar-refractivity contribution in [2.24, 2.45) is 0 Å². The third-order valence-corrected chi connectivity index (χ3v) is 7.80. The van der Waals surface area contributed by atoms with E-state index in [2.05, 4.69) is 62.0 Å². The fourth-order valence-corrected chi connectivity index (χ4v) is 4.85. The average Bonchev–Trinajstić information content (AvgIpc) is 2.83. The summed E-state index contributed by atoms with van der Waals surface area (Å²) in [4.78, 5) is 13.0. The van der Waals surface area contributed by atoms with Crippen LogP contribution in [0.3, 0.4) is 0 Å². The van der Waals surface area contributed by atoms with Crippen molar-refractivity contribution in [3.8, 4) is 11.1 Å². The first-order chi connectivity index (χ1) is 16.8. The van der Waals surface area contributed by atoms with Gasteiger partial charge in [-0.2, -0.15) is 0 Å². The zero-order valence-electron chi connectivity index (χ0n) is 21.8. The lowest BCUT2D eigenvalue weighted by Gasteiger charge is -2.24. The van der Waals surface area contributed by atoms with Crippen LogP contribution in [0.1, 0.15) is 61.4 Å². The second-order valence-electron chi connectivity index (χ2n) is 10.2. The normalized spacial score (nSPS) is 12.9. The van der Waals surface area contributed by atoms with Crippen LogP contribution in [0.15, 0.2) is 60.7 Å². The molecule has 0 aliphatic carbocycles. The number of halogens is 1. The molecule has 192 valence electrons. The molecule has 2 N–H and O–H groups in total. The second-order valence-corrected chi connectivity index (χ2v) is 12.1. The summed E-state index contributed by atoms with van der Waals surface area (Å²) in [5.41, 5.74) is 6.03. The fraction of sp³-hybridized carbons (Fsp3) is 0.345. The van der Waals surface area contributed by atoms with Gasteiger partial charge in [0, 0.05) is 12.1 Å². The van der Waals surface area contributed by atoms with Crippen LogP contribution in [0.25, 0.3) is 11.1 Å². The molecule has 0 bridgehead atoms. The minimum atomic E-state index is -3.60. The van der Waals surface area contributed by atoms with Crippen LogP contribution < -0.4 is 10.0 Å². The number of benzene rings is 3. The van der Waals surface area contributed by atoms with E-state index in [-0.39, 0.29) is 16.9 Å². The van der Waals surface area contributed by atoms with Gasteiger partial charge in [0.2, 0.25) is 15.9 Å². The topological polar surface area (TPSA) is 75.3 Å². The number of rotatable bonds is 8. The summed E-state index contributed by atoms with van der Waals surface area (Å²) in [7, 11) is -2.31. The maximum atomic E-state index is 14.6. The lowest BCUT2D eigenvalue weighted by molar-refractivity contribution is -0.122. The van der Waals surface area contributed by atoms with Crippen LogP contribution >= 0.6 is 0 Å². The number of hydrogen-bond donors (Lipinski definition) is 2. The Morgan fingerprint density at radius 1 is 1.03 bits per heavy atom. The molecule has 3 rings (SSSR count). The number of aryl methyl sites for hydroxylation is 1. The van der Waals surface area contributed by atoms with E-state index in [0.717, 1.165) is 22.3 Å². The SMILES string of the molecule is CNS(=O)(=O)Cc1ccc(C(C)C(=O)NCc2c(C)cc(C(C)(C)C)cc2-c2ccccc2)cc1F. The van der Waals surface area contributed by atoms with E-state index in [4.69, 9.17) is 0 Å². The molecule has 1 unspecified atom stereocenters. The van der Waals surface area contributed by atoms with Gasteiger partial charge in [0.05, 0.1) is 11.7 Å². The lowest BCUT2D eigenvalue weighted by atomic mass is 9.82. The molecule has 1 amide bonds. The van der Waals surface area contributed by atoms with Gasteiger partial charge in [0.25, 0.3) is 0 Å². The zero-order valence-corrected chi connectivity index (χ0v) is 22.6. The summed E-state index contributed by atoms with van der Waals surface area (Å²) in [6, 6.07) is 18.7. The largest absolute Gasteiger partial charge is 0.351 e. The summed E-state index contributed by atoms with van der Waals surface area (Å²) in [6.45, 7) is 10.6. The summed E-state index contributed by atoms with van der Waals surface area (Å²) >= 11 is 0. The summed E-state index contributed by atoms with van der Waals surface area (Å²) in [6.07, 6.45) is 0. The van der Waals surface area contributed by atoms with Gasteiger partial charge in [-0.15, -0.1) is 0 Å². The number of amides is 1. The Balaban J connectivity index is 1.84. The first kappa shape index (κ1) is 27.6. The Hall–Kier alpha value is -3.03. The highest BCUT2D eigenvalue weighted by Gasteiger charge is 2.21. The van der Waals surface area contributed by atoms with Gasteiger partial charge < -0.3 is 5.32 Å². The molecule has 1 atom stereocenters. The predicted octanol–water partition coefficient (Wildman–Crippen LogP) is 5.57. The number of sulfonamides is 1. The van der Waals surface area contributed by atoms with E-state index in [1.54, 1.807) is 13.0 Å². The molecular formula is C29H35FN2O3S. The predicted molar refractivity (Wildman–Crippen MR) is 144 cm³/mol. The van der Waals surface area contributed by atoms with Gasteiger partial charge in [-0.3, -0.25) is 4.79 Å². The molecule has 0 aromatic heterocycles. The van der Waals surface area contributed by atoms with Crippen molar-refractivity contribution in [2.75, 3.05) is 7.05 Å². The van der Waals surface area contributed by atoms with Crippen molar-refractivity contribution in [3.63, 3.8) is 0 Å². The van der Waals surface area contributed by atoms with E-state index >= 15 is 0 Å². The molecule has 0 radical (unpaired) electrons. The third kappa shape index (κ3) is 6.59. The van der Waals surface area contributed by atoms with Gasteiger partial charge in [0.1, 0.15) is 5.82 Å². The van der Waals surface area contributed by atoms with E-state index in [1.807, 2.05) is 18.2 Å². The van der Waals surface area contributed by atoms with Crippen molar-refractivity contribution in [3.05, 3.63) is 94.3 Å². The molecule has 7 heteroatoms. The minimum absolute atomic E-state index is 0.0205. The summed E-state index contributed by atoms with van der Waals surface area (Å²) in [5, 5.41) is 3.02. The molecule has 0 heterocycles. The Bertz CT molecular complexity index is 1350. The lowest BCUT2D eigenvalue weighted by Crippen LogP contribution is -2.28. The van der Waals surface area contributed by atoms with Crippen LogP contribution in [0.4, 0.5) is 4.39 Å². The van der Waals surface area contributed by atoms with Crippen molar-refractivity contribution in [1.29, 1.82) is 0 Å². The number of carbonyl (C=O) groups excluding carboxylic acids is 1. The Labute approximate surface area is 214 Å². The quantitative estimate of drug-likeness (QED) is 0.416. The average molecular weight is 511 g/mol. The van der Waals surface area contributed by atoms with Gasteiger partial charge in [-0.25, -0.2) is 17.5 Å². The molecule has 3 aromatic rings. The van der Waals surface area contributed by atoms with E-state index in [0.29, 0.717) is 12.1 Å². The molecule has 0 aliphatic heterocycles. The molecule has 0 saturated carbocycles. The van der Waals surface area contributed by atoms with Crippen LogP contribution in [-0.2, 0) is 32.5 Å². The molecule has 3 aromatic carbocycles. The Kier molecular flexibility index (Phi) is 8.37. The highest BCUT2D eigenvalue weighted by atomic mass is 32.2. The van der Waals surface area contributed by atoms with Crippen molar-refractivity contribution >= 4 is 15.9 Å². The van der Waals surface area contributed by atoms with E-state index in [9.17, 15) is 17.6 Å².